The molecule has 6 rings (SSSR count). The van der Waals surface area contributed by atoms with Crippen LogP contribution in [0.5, 0.6) is 0 Å². The molecule has 3 saturated carbocycles. The molecule has 0 amide bonds. The number of aliphatic hydroxyl groups is 2. The van der Waals surface area contributed by atoms with Gasteiger partial charge in [-0.3, -0.25) is 9.59 Å². The van der Waals surface area contributed by atoms with Crippen LogP contribution in [0.4, 0.5) is 0 Å². The Kier molecular flexibility index (Phi) is 5.37. The number of rotatable bonds is 3. The van der Waals surface area contributed by atoms with E-state index in [1.807, 2.05) is 13.8 Å². The summed E-state index contributed by atoms with van der Waals surface area (Å²) in [4.78, 5) is 38.0. The molecule has 4 fully saturated rings. The van der Waals surface area contributed by atoms with Crippen LogP contribution in [-0.2, 0) is 28.6 Å². The van der Waals surface area contributed by atoms with Gasteiger partial charge in [0.2, 0.25) is 0 Å². The van der Waals surface area contributed by atoms with Gasteiger partial charge in [-0.05, 0) is 89.7 Å². The van der Waals surface area contributed by atoms with Crippen molar-refractivity contribution in [2.24, 2.45) is 28.6 Å². The Morgan fingerprint density at radius 2 is 1.87 bits per heavy atom. The molecule has 11 atom stereocenters. The Balaban J connectivity index is 1.34. The average molecular weight is 529 g/mol. The first-order chi connectivity index (χ1) is 17.6. The highest BCUT2D eigenvalue weighted by molar-refractivity contribution is 5.98. The smallest absolute Gasteiger partial charge is 0.334 e. The molecular formula is C30H40O8. The van der Waals surface area contributed by atoms with Crippen molar-refractivity contribution in [1.29, 1.82) is 0 Å². The van der Waals surface area contributed by atoms with E-state index in [2.05, 4.69) is 6.92 Å². The summed E-state index contributed by atoms with van der Waals surface area (Å²) in [7, 11) is 0. The monoisotopic (exact) mass is 528 g/mol. The Bertz CT molecular complexity index is 1180. The number of allylic oxidation sites excluding steroid dienone is 1. The maximum atomic E-state index is 13.6. The molecule has 0 unspecified atom stereocenters. The van der Waals surface area contributed by atoms with Gasteiger partial charge in [0.15, 0.2) is 11.9 Å². The van der Waals surface area contributed by atoms with E-state index in [1.165, 1.54) is 13.0 Å². The number of ketones is 1. The molecule has 8 nitrogen and oxygen atoms in total. The summed E-state index contributed by atoms with van der Waals surface area (Å²) in [5.74, 6) is -1.51. The van der Waals surface area contributed by atoms with Gasteiger partial charge in [-0.2, -0.15) is 0 Å². The fourth-order valence-electron chi connectivity index (χ4n) is 9.78. The fraction of sp³-hybridized carbons (Fsp3) is 0.767. The highest BCUT2D eigenvalue weighted by Gasteiger charge is 2.83. The zero-order chi connectivity index (χ0) is 27.6. The van der Waals surface area contributed by atoms with Crippen LogP contribution >= 0.6 is 0 Å². The summed E-state index contributed by atoms with van der Waals surface area (Å²) in [5.41, 5.74) is -3.39. The Hall–Kier alpha value is -2.03. The molecular weight excluding hydrogens is 488 g/mol. The van der Waals surface area contributed by atoms with E-state index < -0.39 is 51.8 Å². The molecule has 0 aromatic carbocycles. The second-order valence-electron chi connectivity index (χ2n) is 13.5. The maximum Gasteiger partial charge on any atom is 0.334 e. The minimum absolute atomic E-state index is 0.0430. The van der Waals surface area contributed by atoms with Gasteiger partial charge in [0.05, 0.1) is 17.1 Å². The Morgan fingerprint density at radius 1 is 1.16 bits per heavy atom. The molecule has 6 aliphatic rings. The van der Waals surface area contributed by atoms with Crippen molar-refractivity contribution in [2.45, 2.75) is 115 Å². The third-order valence-corrected chi connectivity index (χ3v) is 12.1. The second kappa shape index (κ2) is 7.79. The van der Waals surface area contributed by atoms with E-state index in [1.54, 1.807) is 19.9 Å². The van der Waals surface area contributed by atoms with Crippen molar-refractivity contribution in [1.82, 2.24) is 0 Å². The maximum absolute atomic E-state index is 13.6. The van der Waals surface area contributed by atoms with Crippen molar-refractivity contribution >= 4 is 17.7 Å². The lowest BCUT2D eigenvalue weighted by Gasteiger charge is -2.62. The normalized spacial score (nSPS) is 50.7. The molecule has 1 spiro atoms. The summed E-state index contributed by atoms with van der Waals surface area (Å²) in [6.07, 6.45) is 4.99. The van der Waals surface area contributed by atoms with Gasteiger partial charge in [0, 0.05) is 24.3 Å². The van der Waals surface area contributed by atoms with Crippen LogP contribution in [0.3, 0.4) is 0 Å². The molecule has 8 heteroatoms. The quantitative estimate of drug-likeness (QED) is 0.423. The van der Waals surface area contributed by atoms with E-state index in [-0.39, 0.29) is 29.6 Å². The molecule has 2 aliphatic heterocycles. The van der Waals surface area contributed by atoms with E-state index in [9.17, 15) is 24.6 Å². The summed E-state index contributed by atoms with van der Waals surface area (Å²) < 4.78 is 17.7. The van der Waals surface area contributed by atoms with Crippen LogP contribution < -0.4 is 0 Å². The average Bonchev–Trinajstić information content (AvgIpc) is 3.50. The van der Waals surface area contributed by atoms with E-state index in [4.69, 9.17) is 14.2 Å². The third kappa shape index (κ3) is 2.95. The number of ether oxygens (including phenoxy) is 3. The lowest BCUT2D eigenvalue weighted by molar-refractivity contribution is -0.224. The van der Waals surface area contributed by atoms with Crippen LogP contribution in [0.1, 0.15) is 80.1 Å². The minimum atomic E-state index is -1.33. The molecule has 38 heavy (non-hydrogen) atoms. The van der Waals surface area contributed by atoms with E-state index in [0.29, 0.717) is 44.1 Å². The summed E-state index contributed by atoms with van der Waals surface area (Å²) in [6.45, 7) is 10.8. The first-order valence-electron chi connectivity index (χ1n) is 14.0. The number of hydrogen-bond acceptors (Lipinski definition) is 8. The molecule has 1 saturated heterocycles. The molecule has 208 valence electrons. The number of carbonyl (C=O) groups excluding carboxylic acids is 3. The molecule has 0 aromatic heterocycles. The predicted octanol–water partition coefficient (Wildman–Crippen LogP) is 3.18. The highest BCUT2D eigenvalue weighted by atomic mass is 16.7. The first-order valence-corrected chi connectivity index (χ1v) is 14.0. The van der Waals surface area contributed by atoms with E-state index >= 15 is 0 Å². The molecule has 0 aromatic rings. The van der Waals surface area contributed by atoms with Crippen LogP contribution in [0, 0.1) is 28.6 Å². The first kappa shape index (κ1) is 26.2. The lowest BCUT2D eigenvalue weighted by atomic mass is 9.42. The summed E-state index contributed by atoms with van der Waals surface area (Å²) in [6, 6.07) is 0. The Labute approximate surface area is 223 Å². The van der Waals surface area contributed by atoms with Gasteiger partial charge in [0.1, 0.15) is 17.3 Å². The van der Waals surface area contributed by atoms with Crippen LogP contribution in [-0.4, -0.2) is 63.0 Å². The van der Waals surface area contributed by atoms with Gasteiger partial charge in [-0.1, -0.05) is 12.5 Å². The number of carbonyl (C=O) groups is 3. The zero-order valence-corrected chi connectivity index (χ0v) is 23.2. The van der Waals surface area contributed by atoms with Crippen molar-refractivity contribution < 1.29 is 38.8 Å². The molecule has 4 aliphatic carbocycles. The SMILES string of the molecule is CC(=O)O[C@H]1C=CC(=O)[C@]2(C)[C@H]3CC[C@]4(C)[C@@H]([C@@](C)(O)[C@@H]5CC(C)=C(C)C(=O)O5)CC[C@@]4(O)[C@@H]3C[C@H]3O[C@]132. The summed E-state index contributed by atoms with van der Waals surface area (Å²) >= 11 is 0. The second-order valence-corrected chi connectivity index (χ2v) is 13.5. The lowest BCUT2D eigenvalue weighted by Crippen LogP contribution is -2.69. The van der Waals surface area contributed by atoms with Gasteiger partial charge in [-0.25, -0.2) is 4.79 Å². The number of epoxide rings is 1. The Morgan fingerprint density at radius 3 is 2.53 bits per heavy atom. The van der Waals surface area contributed by atoms with Crippen molar-refractivity contribution in [3.8, 4) is 0 Å². The van der Waals surface area contributed by atoms with Crippen LogP contribution in [0.15, 0.2) is 23.3 Å². The standard InChI is InChI=1S/C30H40O8/c1-15-13-23(37-25(33)16(15)2)28(6,34)20-10-12-29(35)19-14-24-30(38-24)22(36-17(3)31)8-7-21(32)27(30,5)18(19)9-11-26(20,29)4/h7-8,18-20,22-24,34-35H,9-14H2,1-6H3/t18-,19+,20-,22-,23-,24+,26+,27-,28+,29+,30+/m0/s1. The van der Waals surface area contributed by atoms with Crippen molar-refractivity contribution in [3.63, 3.8) is 0 Å². The van der Waals surface area contributed by atoms with Crippen molar-refractivity contribution in [3.05, 3.63) is 23.3 Å². The fourth-order valence-corrected chi connectivity index (χ4v) is 9.78. The van der Waals surface area contributed by atoms with Crippen LogP contribution in [0.25, 0.3) is 0 Å². The molecule has 2 heterocycles. The van der Waals surface area contributed by atoms with Crippen molar-refractivity contribution in [2.75, 3.05) is 0 Å². The minimum Gasteiger partial charge on any atom is -0.456 e. The van der Waals surface area contributed by atoms with Gasteiger partial charge in [0.25, 0.3) is 0 Å². The van der Waals surface area contributed by atoms with Gasteiger partial charge < -0.3 is 24.4 Å². The third-order valence-electron chi connectivity index (χ3n) is 12.1. The summed E-state index contributed by atoms with van der Waals surface area (Å²) in [5, 5.41) is 24.6. The number of esters is 2. The number of cyclic esters (lactones) is 1. The topological polar surface area (TPSA) is 123 Å². The largest absolute Gasteiger partial charge is 0.456 e. The molecule has 0 bridgehead atoms. The van der Waals surface area contributed by atoms with Crippen LogP contribution in [0.2, 0.25) is 0 Å². The van der Waals surface area contributed by atoms with Gasteiger partial charge >= 0.3 is 11.9 Å². The predicted molar refractivity (Wildman–Crippen MR) is 136 cm³/mol. The highest BCUT2D eigenvalue weighted by Crippen LogP contribution is 2.74. The zero-order valence-electron chi connectivity index (χ0n) is 23.2. The van der Waals surface area contributed by atoms with Gasteiger partial charge in [-0.15, -0.1) is 0 Å². The molecule has 0 radical (unpaired) electrons. The number of fused-ring (bicyclic) bond motifs is 4. The van der Waals surface area contributed by atoms with E-state index in [0.717, 1.165) is 5.57 Å². The number of hydrogen-bond donors (Lipinski definition) is 2. The molecule has 2 N–H and O–H groups in total.